The maximum Gasteiger partial charge on any atom is 0.490 e. The van der Waals surface area contributed by atoms with Crippen LogP contribution in [0, 0.1) is 0 Å². The van der Waals surface area contributed by atoms with E-state index in [1.807, 2.05) is 30.3 Å². The largest absolute Gasteiger partial charge is 0.490 e. The van der Waals surface area contributed by atoms with Gasteiger partial charge in [0.1, 0.15) is 24.6 Å². The second-order valence-electron chi connectivity index (χ2n) is 8.64. The summed E-state index contributed by atoms with van der Waals surface area (Å²) in [6, 6.07) is 14.9. The topological polar surface area (TPSA) is 84.7 Å². The van der Waals surface area contributed by atoms with E-state index in [-0.39, 0.29) is 0 Å². The second-order valence-corrected chi connectivity index (χ2v) is 8.64. The van der Waals surface area contributed by atoms with E-state index in [4.69, 9.17) is 4.98 Å². The number of nitrogens with one attached hydrogen (secondary N) is 1. The van der Waals surface area contributed by atoms with Crippen LogP contribution in [0.25, 0.3) is 16.8 Å². The third-order valence-corrected chi connectivity index (χ3v) is 6.08. The first kappa shape index (κ1) is 23.6. The van der Waals surface area contributed by atoms with Gasteiger partial charge in [-0.2, -0.15) is 18.3 Å². The minimum atomic E-state index is -5.03. The molecule has 0 radical (unpaired) electrons. The van der Waals surface area contributed by atoms with Gasteiger partial charge in [0.15, 0.2) is 5.65 Å². The van der Waals surface area contributed by atoms with Crippen LogP contribution in [0.5, 0.6) is 0 Å². The predicted octanol–water partition coefficient (Wildman–Crippen LogP) is 5.13. The van der Waals surface area contributed by atoms with E-state index in [9.17, 15) is 18.0 Å². The van der Waals surface area contributed by atoms with Crippen molar-refractivity contribution in [2.45, 2.75) is 38.6 Å². The van der Waals surface area contributed by atoms with Gasteiger partial charge in [-0.05, 0) is 55.2 Å². The molecule has 3 aromatic heterocycles. The van der Waals surface area contributed by atoms with Gasteiger partial charge in [-0.1, -0.05) is 24.3 Å². The van der Waals surface area contributed by atoms with Gasteiger partial charge < -0.3 is 15.0 Å². The Balaban J connectivity index is 1.42. The minimum absolute atomic E-state index is 0.424. The lowest BCUT2D eigenvalue weighted by atomic mass is 10.0. The normalized spacial score (nSPS) is 15.9. The maximum atomic E-state index is 12.5. The lowest BCUT2D eigenvalue weighted by molar-refractivity contribution is -0.201. The molecular formula is C25H23F3N6O2. The molecule has 11 heteroatoms. The number of hydrogen-bond donors (Lipinski definition) is 1. The molecule has 1 fully saturated rings. The number of halogens is 3. The van der Waals surface area contributed by atoms with Gasteiger partial charge in [-0.3, -0.25) is 0 Å². The summed E-state index contributed by atoms with van der Waals surface area (Å²) in [5, 5.41) is 7.59. The molecule has 1 aliphatic rings. The first-order valence-electron chi connectivity index (χ1n) is 11.5. The number of carbonyl (C=O) groups excluding carboxylic acids is 1. The predicted molar refractivity (Wildman–Crippen MR) is 128 cm³/mol. The molecule has 0 spiro atoms. The van der Waals surface area contributed by atoms with Gasteiger partial charge >= 0.3 is 12.1 Å². The standard InChI is InChI=1S/C25H23F3N6O2/c1-16-5-4-10-33(16)22-9-3-8-21(32-22)31-20-12-19(13-34-23(20)29-15-30-34)18-7-2-6-17(11-18)14-36-24(35)25(26,27)28/h2-3,6-9,11-13,15-16H,4-5,10,14H2,1H3,(H,31,32)/t16-/m0/s1. The van der Waals surface area contributed by atoms with E-state index in [0.29, 0.717) is 34.3 Å². The van der Waals surface area contributed by atoms with Crippen LogP contribution in [-0.2, 0) is 16.1 Å². The molecule has 0 saturated carbocycles. The number of carbonyl (C=O) groups is 1. The Labute approximate surface area is 204 Å². The Kier molecular flexibility index (Phi) is 6.21. The summed E-state index contributed by atoms with van der Waals surface area (Å²) in [6.45, 7) is 2.67. The molecule has 1 N–H and O–H groups in total. The van der Waals surface area contributed by atoms with Gasteiger partial charge in [0, 0.05) is 24.3 Å². The molecule has 0 bridgehead atoms. The van der Waals surface area contributed by atoms with Gasteiger partial charge in [-0.25, -0.2) is 19.3 Å². The van der Waals surface area contributed by atoms with Crippen LogP contribution in [0.15, 0.2) is 61.1 Å². The molecule has 5 rings (SSSR count). The fourth-order valence-corrected chi connectivity index (χ4v) is 4.31. The number of pyridine rings is 2. The van der Waals surface area contributed by atoms with Crippen molar-refractivity contribution in [3.8, 4) is 11.1 Å². The van der Waals surface area contributed by atoms with Gasteiger partial charge in [0.05, 0.1) is 5.69 Å². The van der Waals surface area contributed by atoms with Crippen molar-refractivity contribution in [2.24, 2.45) is 0 Å². The van der Waals surface area contributed by atoms with E-state index in [0.717, 1.165) is 30.8 Å². The number of nitrogens with zero attached hydrogens (tertiary/aromatic N) is 5. The van der Waals surface area contributed by atoms with Crippen molar-refractivity contribution in [2.75, 3.05) is 16.8 Å². The number of benzene rings is 1. The average Bonchev–Trinajstić information content (AvgIpc) is 3.51. The molecule has 36 heavy (non-hydrogen) atoms. The van der Waals surface area contributed by atoms with Gasteiger partial charge in [-0.15, -0.1) is 0 Å². The fourth-order valence-electron chi connectivity index (χ4n) is 4.31. The van der Waals surface area contributed by atoms with E-state index < -0.39 is 18.8 Å². The minimum Gasteiger partial charge on any atom is -0.454 e. The molecule has 0 amide bonds. The highest BCUT2D eigenvalue weighted by molar-refractivity contribution is 5.79. The highest BCUT2D eigenvalue weighted by Gasteiger charge is 2.40. The SMILES string of the molecule is C[C@H]1CCCN1c1cccc(Nc2cc(-c3cccc(COC(=O)C(F)(F)F)c3)cn3ncnc23)n1. The molecular weight excluding hydrogens is 473 g/mol. The molecule has 0 unspecified atom stereocenters. The molecule has 4 heterocycles. The smallest absolute Gasteiger partial charge is 0.454 e. The quantitative estimate of drug-likeness (QED) is 0.371. The monoisotopic (exact) mass is 496 g/mol. The van der Waals surface area contributed by atoms with E-state index >= 15 is 0 Å². The number of ether oxygens (including phenoxy) is 1. The Bertz CT molecular complexity index is 1400. The summed E-state index contributed by atoms with van der Waals surface area (Å²) in [4.78, 5) is 22.5. The first-order chi connectivity index (χ1) is 17.3. The summed E-state index contributed by atoms with van der Waals surface area (Å²) >= 11 is 0. The number of hydrogen-bond acceptors (Lipinski definition) is 7. The van der Waals surface area contributed by atoms with Crippen LogP contribution in [0.1, 0.15) is 25.3 Å². The number of aromatic nitrogens is 4. The van der Waals surface area contributed by atoms with Crippen LogP contribution in [0.4, 0.5) is 30.5 Å². The summed E-state index contributed by atoms with van der Waals surface area (Å²) < 4.78 is 43.4. The van der Waals surface area contributed by atoms with Gasteiger partial charge in [0.2, 0.25) is 0 Å². The Hall–Kier alpha value is -4.15. The van der Waals surface area contributed by atoms with E-state index in [2.05, 4.69) is 32.0 Å². The number of rotatable bonds is 6. The van der Waals surface area contributed by atoms with Crippen molar-refractivity contribution < 1.29 is 22.7 Å². The van der Waals surface area contributed by atoms with Crippen molar-refractivity contribution >= 4 is 28.9 Å². The number of fused-ring (bicyclic) bond motifs is 1. The lowest BCUT2D eigenvalue weighted by Crippen LogP contribution is -2.27. The number of alkyl halides is 3. The Morgan fingerprint density at radius 1 is 1.17 bits per heavy atom. The van der Waals surface area contributed by atoms with Crippen LogP contribution >= 0.6 is 0 Å². The summed E-state index contributed by atoms with van der Waals surface area (Å²) in [5.74, 6) is -0.664. The average molecular weight is 496 g/mol. The zero-order valence-corrected chi connectivity index (χ0v) is 19.4. The van der Waals surface area contributed by atoms with Crippen molar-refractivity contribution in [1.29, 1.82) is 0 Å². The van der Waals surface area contributed by atoms with Crippen molar-refractivity contribution in [3.05, 3.63) is 66.6 Å². The zero-order valence-electron chi connectivity index (χ0n) is 19.4. The van der Waals surface area contributed by atoms with E-state index in [1.165, 1.54) is 6.33 Å². The summed E-state index contributed by atoms with van der Waals surface area (Å²) in [7, 11) is 0. The molecule has 4 aromatic rings. The van der Waals surface area contributed by atoms with Crippen LogP contribution in [0.2, 0.25) is 0 Å². The first-order valence-corrected chi connectivity index (χ1v) is 11.5. The lowest BCUT2D eigenvalue weighted by Gasteiger charge is -2.23. The van der Waals surface area contributed by atoms with Gasteiger partial charge in [0.25, 0.3) is 0 Å². The number of anilines is 3. The third kappa shape index (κ3) is 4.95. The van der Waals surface area contributed by atoms with Crippen molar-refractivity contribution in [3.63, 3.8) is 0 Å². The summed E-state index contributed by atoms with van der Waals surface area (Å²) in [6.07, 6.45) is 0.444. The Morgan fingerprint density at radius 2 is 2.00 bits per heavy atom. The third-order valence-electron chi connectivity index (χ3n) is 6.08. The van der Waals surface area contributed by atoms with Crippen molar-refractivity contribution in [1.82, 2.24) is 19.6 Å². The Morgan fingerprint density at radius 3 is 2.78 bits per heavy atom. The molecule has 8 nitrogen and oxygen atoms in total. The number of esters is 1. The maximum absolute atomic E-state index is 12.5. The zero-order chi connectivity index (χ0) is 25.3. The molecule has 1 aliphatic heterocycles. The summed E-state index contributed by atoms with van der Waals surface area (Å²) in [5.41, 5.74) is 3.13. The van der Waals surface area contributed by atoms with Crippen LogP contribution in [-0.4, -0.2) is 44.3 Å². The second kappa shape index (κ2) is 9.48. The fraction of sp³-hybridized carbons (Fsp3) is 0.280. The van der Waals surface area contributed by atoms with Crippen LogP contribution in [0.3, 0.4) is 0 Å². The molecule has 186 valence electrons. The van der Waals surface area contributed by atoms with Crippen LogP contribution < -0.4 is 10.2 Å². The molecule has 1 saturated heterocycles. The molecule has 1 aromatic carbocycles. The highest BCUT2D eigenvalue weighted by atomic mass is 19.4. The molecule has 0 aliphatic carbocycles. The highest BCUT2D eigenvalue weighted by Crippen LogP contribution is 2.30. The molecule has 1 atom stereocenters. The van der Waals surface area contributed by atoms with E-state index in [1.54, 1.807) is 28.9 Å².